The van der Waals surface area contributed by atoms with Gasteiger partial charge in [0.25, 0.3) is 0 Å². The molecule has 0 atom stereocenters. The highest BCUT2D eigenvalue weighted by Gasteiger charge is 2.19. The minimum absolute atomic E-state index is 0.0240. The third kappa shape index (κ3) is 3.38. The zero-order valence-corrected chi connectivity index (χ0v) is 13.9. The van der Waals surface area contributed by atoms with E-state index in [4.69, 9.17) is 4.74 Å². The minimum Gasteiger partial charge on any atom is -0.456 e. The van der Waals surface area contributed by atoms with Gasteiger partial charge in [0.05, 0.1) is 5.56 Å². The zero-order chi connectivity index (χ0) is 16.9. The van der Waals surface area contributed by atoms with Crippen molar-refractivity contribution in [2.75, 3.05) is 0 Å². The van der Waals surface area contributed by atoms with Crippen LogP contribution in [0.2, 0.25) is 0 Å². The number of carbonyl (C=O) groups excluding carboxylic acids is 1. The number of para-hydroxylation sites is 2. The Bertz CT molecular complexity index is 821. The van der Waals surface area contributed by atoms with Gasteiger partial charge in [-0.1, -0.05) is 74.5 Å². The molecule has 24 heavy (non-hydrogen) atoms. The summed E-state index contributed by atoms with van der Waals surface area (Å²) in [6, 6.07) is 24.7. The summed E-state index contributed by atoms with van der Waals surface area (Å²) < 4.78 is 6.12. The molecule has 0 saturated carbocycles. The first-order chi connectivity index (χ1) is 11.7. The van der Waals surface area contributed by atoms with Crippen molar-refractivity contribution in [3.05, 3.63) is 95.6 Å². The fraction of sp³-hybridized carbons (Fsp3) is 0.136. The largest absolute Gasteiger partial charge is 0.456 e. The number of hydrogen-bond acceptors (Lipinski definition) is 2. The molecular weight excluding hydrogens is 296 g/mol. The number of hydrogen-bond donors (Lipinski definition) is 0. The molecule has 0 radical (unpaired) electrons. The van der Waals surface area contributed by atoms with Crippen molar-refractivity contribution in [1.82, 2.24) is 0 Å². The average Bonchev–Trinajstić information content (AvgIpc) is 2.63. The van der Waals surface area contributed by atoms with E-state index < -0.39 is 0 Å². The van der Waals surface area contributed by atoms with E-state index >= 15 is 0 Å². The van der Waals surface area contributed by atoms with Crippen molar-refractivity contribution in [3.8, 4) is 11.5 Å². The second kappa shape index (κ2) is 7.14. The van der Waals surface area contributed by atoms with Crippen LogP contribution in [-0.4, -0.2) is 5.78 Å². The molecule has 0 spiro atoms. The summed E-state index contributed by atoms with van der Waals surface area (Å²) >= 11 is 0. The summed E-state index contributed by atoms with van der Waals surface area (Å²) in [6.45, 7) is 4.20. The number of carbonyl (C=O) groups is 1. The van der Waals surface area contributed by atoms with Crippen LogP contribution in [0.3, 0.4) is 0 Å². The molecule has 120 valence electrons. The Morgan fingerprint density at radius 1 is 0.792 bits per heavy atom. The van der Waals surface area contributed by atoms with Gasteiger partial charge in [-0.3, -0.25) is 4.79 Å². The van der Waals surface area contributed by atoms with Gasteiger partial charge in [0, 0.05) is 5.56 Å². The van der Waals surface area contributed by atoms with Gasteiger partial charge in [-0.05, 0) is 29.7 Å². The van der Waals surface area contributed by atoms with Crippen molar-refractivity contribution in [1.29, 1.82) is 0 Å². The predicted molar refractivity (Wildman–Crippen MR) is 96.9 cm³/mol. The predicted octanol–water partition coefficient (Wildman–Crippen LogP) is 5.83. The van der Waals surface area contributed by atoms with Crippen LogP contribution in [0.4, 0.5) is 0 Å². The van der Waals surface area contributed by atoms with Crippen LogP contribution in [0.5, 0.6) is 11.5 Å². The summed E-state index contributed by atoms with van der Waals surface area (Å²) in [5.74, 6) is 1.61. The molecule has 0 saturated heterocycles. The molecule has 0 aliphatic rings. The average molecular weight is 316 g/mol. The fourth-order valence-corrected chi connectivity index (χ4v) is 2.65. The Hall–Kier alpha value is -2.87. The van der Waals surface area contributed by atoms with Crippen LogP contribution in [0.15, 0.2) is 78.9 Å². The lowest BCUT2D eigenvalue weighted by Crippen LogP contribution is -2.06. The molecule has 0 aromatic heterocycles. The maximum Gasteiger partial charge on any atom is 0.196 e. The zero-order valence-electron chi connectivity index (χ0n) is 13.9. The number of benzene rings is 3. The van der Waals surface area contributed by atoms with Crippen molar-refractivity contribution in [2.45, 2.75) is 19.8 Å². The van der Waals surface area contributed by atoms with Gasteiger partial charge in [-0.25, -0.2) is 0 Å². The van der Waals surface area contributed by atoms with Gasteiger partial charge in [-0.15, -0.1) is 0 Å². The first-order valence-corrected chi connectivity index (χ1v) is 8.12. The maximum absolute atomic E-state index is 13.0. The fourth-order valence-electron chi connectivity index (χ4n) is 2.65. The molecular formula is C22H20O2. The molecule has 2 heteroatoms. The quantitative estimate of drug-likeness (QED) is 0.553. The summed E-state index contributed by atoms with van der Waals surface area (Å²) in [5, 5.41) is 0. The Morgan fingerprint density at radius 2 is 1.42 bits per heavy atom. The molecule has 3 aromatic carbocycles. The second-order valence-electron chi connectivity index (χ2n) is 5.99. The van der Waals surface area contributed by atoms with Crippen LogP contribution >= 0.6 is 0 Å². The monoisotopic (exact) mass is 316 g/mol. The van der Waals surface area contributed by atoms with E-state index in [1.54, 1.807) is 0 Å². The lowest BCUT2D eigenvalue weighted by atomic mass is 9.95. The van der Waals surface area contributed by atoms with E-state index in [1.165, 1.54) is 0 Å². The van der Waals surface area contributed by atoms with Gasteiger partial charge < -0.3 is 4.74 Å². The van der Waals surface area contributed by atoms with Crippen LogP contribution in [0.25, 0.3) is 0 Å². The van der Waals surface area contributed by atoms with Gasteiger partial charge in [0.2, 0.25) is 0 Å². The summed E-state index contributed by atoms with van der Waals surface area (Å²) in [5.41, 5.74) is 2.29. The van der Waals surface area contributed by atoms with Crippen LogP contribution in [-0.2, 0) is 0 Å². The van der Waals surface area contributed by atoms with E-state index in [9.17, 15) is 4.79 Å². The maximum atomic E-state index is 13.0. The standard InChI is InChI=1S/C22H20O2/c1-16(2)19-14-9-15-20(21(23)17-10-5-3-6-11-17)22(19)24-18-12-7-4-8-13-18/h3-16H,1-2H3. The SMILES string of the molecule is CC(C)c1cccc(C(=O)c2ccccc2)c1Oc1ccccc1. The number of rotatable bonds is 5. The van der Waals surface area contributed by atoms with Gasteiger partial charge >= 0.3 is 0 Å². The smallest absolute Gasteiger partial charge is 0.196 e. The Kier molecular flexibility index (Phi) is 4.76. The topological polar surface area (TPSA) is 26.3 Å². The van der Waals surface area contributed by atoms with Gasteiger partial charge in [0.1, 0.15) is 11.5 Å². The van der Waals surface area contributed by atoms with E-state index in [0.717, 1.165) is 11.3 Å². The van der Waals surface area contributed by atoms with Crippen molar-refractivity contribution in [2.24, 2.45) is 0 Å². The van der Waals surface area contributed by atoms with Gasteiger partial charge in [-0.2, -0.15) is 0 Å². The molecule has 0 bridgehead atoms. The lowest BCUT2D eigenvalue weighted by molar-refractivity contribution is 0.103. The highest BCUT2D eigenvalue weighted by molar-refractivity contribution is 6.11. The third-order valence-corrected chi connectivity index (χ3v) is 3.91. The molecule has 0 N–H and O–H groups in total. The van der Waals surface area contributed by atoms with Crippen molar-refractivity contribution >= 4 is 5.78 Å². The first-order valence-electron chi connectivity index (χ1n) is 8.12. The second-order valence-corrected chi connectivity index (χ2v) is 5.99. The highest BCUT2D eigenvalue weighted by atomic mass is 16.5. The summed E-state index contributed by atoms with van der Waals surface area (Å²) in [7, 11) is 0. The molecule has 0 heterocycles. The van der Waals surface area contributed by atoms with Crippen molar-refractivity contribution < 1.29 is 9.53 Å². The third-order valence-electron chi connectivity index (χ3n) is 3.91. The van der Waals surface area contributed by atoms with Crippen LogP contribution in [0.1, 0.15) is 41.3 Å². The molecule has 2 nitrogen and oxygen atoms in total. The normalized spacial score (nSPS) is 10.6. The molecule has 0 unspecified atom stereocenters. The molecule has 3 rings (SSSR count). The van der Waals surface area contributed by atoms with E-state index in [1.807, 2.05) is 78.9 Å². The Labute approximate surface area is 142 Å². The first kappa shape index (κ1) is 16.0. The number of ether oxygens (including phenoxy) is 1. The molecule has 0 amide bonds. The molecule has 0 aliphatic heterocycles. The Morgan fingerprint density at radius 3 is 2.04 bits per heavy atom. The summed E-state index contributed by atoms with van der Waals surface area (Å²) in [6.07, 6.45) is 0. The number of ketones is 1. The van der Waals surface area contributed by atoms with E-state index in [-0.39, 0.29) is 11.7 Å². The minimum atomic E-state index is -0.0240. The van der Waals surface area contributed by atoms with Crippen molar-refractivity contribution in [3.63, 3.8) is 0 Å². The Balaban J connectivity index is 2.09. The van der Waals surface area contributed by atoms with E-state index in [2.05, 4.69) is 13.8 Å². The highest BCUT2D eigenvalue weighted by Crippen LogP contribution is 2.35. The molecule has 0 fully saturated rings. The van der Waals surface area contributed by atoms with Crippen LogP contribution in [0, 0.1) is 0 Å². The molecule has 0 aliphatic carbocycles. The molecule has 3 aromatic rings. The van der Waals surface area contributed by atoms with Crippen LogP contribution < -0.4 is 4.74 Å². The van der Waals surface area contributed by atoms with E-state index in [0.29, 0.717) is 16.9 Å². The lowest BCUT2D eigenvalue weighted by Gasteiger charge is -2.17. The summed E-state index contributed by atoms with van der Waals surface area (Å²) in [4.78, 5) is 13.0. The van der Waals surface area contributed by atoms with Gasteiger partial charge in [0.15, 0.2) is 5.78 Å².